The zero-order chi connectivity index (χ0) is 12.3. The van der Waals surface area contributed by atoms with Crippen molar-refractivity contribution < 1.29 is 13.9 Å². The molecule has 0 saturated carbocycles. The van der Waals surface area contributed by atoms with Crippen molar-refractivity contribution in [2.24, 2.45) is 0 Å². The fourth-order valence-corrected chi connectivity index (χ4v) is 2.03. The summed E-state index contributed by atoms with van der Waals surface area (Å²) in [7, 11) is 0. The Morgan fingerprint density at radius 1 is 1.31 bits per heavy atom. The summed E-state index contributed by atoms with van der Waals surface area (Å²) in [5.41, 5.74) is 0.0248. The van der Waals surface area contributed by atoms with E-state index in [1.165, 1.54) is 11.8 Å². The summed E-state index contributed by atoms with van der Waals surface area (Å²) in [5, 5.41) is 9.76. The van der Waals surface area contributed by atoms with Crippen molar-refractivity contribution in [3.05, 3.63) is 35.4 Å². The molecule has 1 N–H and O–H groups in total. The molecule has 1 unspecified atom stereocenters. The molecular formula is C12H16F2OS. The van der Waals surface area contributed by atoms with Gasteiger partial charge in [0.2, 0.25) is 0 Å². The summed E-state index contributed by atoms with van der Waals surface area (Å²) < 4.78 is 26.2. The molecule has 0 heterocycles. The number of hydrogen-bond donors (Lipinski definition) is 1. The van der Waals surface area contributed by atoms with E-state index >= 15 is 0 Å². The van der Waals surface area contributed by atoms with E-state index in [0.717, 1.165) is 18.2 Å². The van der Waals surface area contributed by atoms with Gasteiger partial charge in [0, 0.05) is 16.1 Å². The number of rotatable bonds is 3. The number of halogens is 2. The first-order valence-corrected chi connectivity index (χ1v) is 6.05. The summed E-state index contributed by atoms with van der Waals surface area (Å²) in [4.78, 5) is 0. The predicted molar refractivity (Wildman–Crippen MR) is 63.5 cm³/mol. The Bertz CT molecular complexity index is 361. The third kappa shape index (κ3) is 4.10. The second-order valence-corrected chi connectivity index (χ2v) is 6.45. The molecule has 90 valence electrons. The van der Waals surface area contributed by atoms with Crippen molar-refractivity contribution in [3.8, 4) is 0 Å². The largest absolute Gasteiger partial charge is 0.387 e. The van der Waals surface area contributed by atoms with Crippen LogP contribution in [0.1, 0.15) is 32.4 Å². The molecule has 1 aromatic carbocycles. The van der Waals surface area contributed by atoms with Crippen LogP contribution in [-0.4, -0.2) is 15.6 Å². The number of thioether (sulfide) groups is 1. The molecule has 4 heteroatoms. The van der Waals surface area contributed by atoms with Crippen LogP contribution in [0, 0.1) is 11.6 Å². The van der Waals surface area contributed by atoms with Crippen LogP contribution in [0.15, 0.2) is 18.2 Å². The molecule has 1 rings (SSSR count). The maximum Gasteiger partial charge on any atom is 0.129 e. The van der Waals surface area contributed by atoms with Crippen LogP contribution in [0.5, 0.6) is 0 Å². The Morgan fingerprint density at radius 2 is 1.94 bits per heavy atom. The number of hydrogen-bond acceptors (Lipinski definition) is 2. The van der Waals surface area contributed by atoms with E-state index < -0.39 is 17.7 Å². The van der Waals surface area contributed by atoms with Gasteiger partial charge in [0.15, 0.2) is 0 Å². The summed E-state index contributed by atoms with van der Waals surface area (Å²) in [5.74, 6) is -0.747. The lowest BCUT2D eigenvalue weighted by Crippen LogP contribution is -2.13. The molecule has 0 aliphatic carbocycles. The van der Waals surface area contributed by atoms with Gasteiger partial charge < -0.3 is 5.11 Å². The molecule has 0 fully saturated rings. The minimum atomic E-state index is -0.972. The van der Waals surface area contributed by atoms with Crippen LogP contribution in [0.3, 0.4) is 0 Å². The average molecular weight is 246 g/mol. The normalized spacial score (nSPS) is 13.9. The van der Waals surface area contributed by atoms with Gasteiger partial charge in [-0.05, 0) is 18.2 Å². The summed E-state index contributed by atoms with van der Waals surface area (Å²) in [6.45, 7) is 6.02. The molecule has 1 aromatic rings. The first-order chi connectivity index (χ1) is 7.29. The van der Waals surface area contributed by atoms with Gasteiger partial charge >= 0.3 is 0 Å². The van der Waals surface area contributed by atoms with Crippen LogP contribution in [-0.2, 0) is 0 Å². The first-order valence-electron chi connectivity index (χ1n) is 5.06. The van der Waals surface area contributed by atoms with E-state index in [0.29, 0.717) is 5.75 Å². The lowest BCUT2D eigenvalue weighted by atomic mass is 10.1. The monoisotopic (exact) mass is 246 g/mol. The lowest BCUT2D eigenvalue weighted by molar-refractivity contribution is 0.198. The third-order valence-electron chi connectivity index (χ3n) is 1.99. The highest BCUT2D eigenvalue weighted by Gasteiger charge is 2.18. The highest BCUT2D eigenvalue weighted by molar-refractivity contribution is 8.00. The maximum absolute atomic E-state index is 13.3. The number of aliphatic hydroxyl groups excluding tert-OH is 1. The Labute approximate surface area is 98.9 Å². The molecule has 0 aliphatic heterocycles. The fourth-order valence-electron chi connectivity index (χ4n) is 1.19. The van der Waals surface area contributed by atoms with Gasteiger partial charge in [-0.3, -0.25) is 0 Å². The van der Waals surface area contributed by atoms with Gasteiger partial charge in [-0.15, -0.1) is 0 Å². The van der Waals surface area contributed by atoms with Crippen LogP contribution in [0.4, 0.5) is 8.78 Å². The Morgan fingerprint density at radius 3 is 2.50 bits per heavy atom. The molecule has 0 aromatic heterocycles. The minimum Gasteiger partial charge on any atom is -0.387 e. The van der Waals surface area contributed by atoms with Crippen molar-refractivity contribution in [2.75, 3.05) is 5.75 Å². The molecular weight excluding hydrogens is 230 g/mol. The Kier molecular flexibility index (Phi) is 4.33. The predicted octanol–water partition coefficient (Wildman–Crippen LogP) is 3.53. The van der Waals surface area contributed by atoms with Crippen molar-refractivity contribution in [2.45, 2.75) is 31.6 Å². The molecule has 16 heavy (non-hydrogen) atoms. The van der Waals surface area contributed by atoms with E-state index in [-0.39, 0.29) is 10.3 Å². The standard InChI is InChI=1S/C12H16F2OS/c1-12(2,3)16-7-11(15)9-6-8(13)4-5-10(9)14/h4-6,11,15H,7H2,1-3H3. The van der Waals surface area contributed by atoms with Crippen LogP contribution < -0.4 is 0 Å². The van der Waals surface area contributed by atoms with Crippen molar-refractivity contribution in [3.63, 3.8) is 0 Å². The van der Waals surface area contributed by atoms with Gasteiger partial charge in [-0.25, -0.2) is 8.78 Å². The highest BCUT2D eigenvalue weighted by atomic mass is 32.2. The van der Waals surface area contributed by atoms with Gasteiger partial charge in [-0.1, -0.05) is 20.8 Å². The zero-order valence-corrected chi connectivity index (χ0v) is 10.4. The third-order valence-corrected chi connectivity index (χ3v) is 3.34. The topological polar surface area (TPSA) is 20.2 Å². The quantitative estimate of drug-likeness (QED) is 0.880. The van der Waals surface area contributed by atoms with Crippen LogP contribution >= 0.6 is 11.8 Å². The Balaban J connectivity index is 2.73. The minimum absolute atomic E-state index is 0.00915. The van der Waals surface area contributed by atoms with E-state index in [1.54, 1.807) is 0 Å². The van der Waals surface area contributed by atoms with Gasteiger partial charge in [0.1, 0.15) is 11.6 Å². The molecule has 0 spiro atoms. The van der Waals surface area contributed by atoms with Crippen molar-refractivity contribution in [1.82, 2.24) is 0 Å². The van der Waals surface area contributed by atoms with E-state index in [2.05, 4.69) is 0 Å². The van der Waals surface area contributed by atoms with Gasteiger partial charge in [0.25, 0.3) is 0 Å². The maximum atomic E-state index is 13.3. The fraction of sp³-hybridized carbons (Fsp3) is 0.500. The van der Waals surface area contributed by atoms with Gasteiger partial charge in [0.05, 0.1) is 6.10 Å². The molecule has 0 amide bonds. The highest BCUT2D eigenvalue weighted by Crippen LogP contribution is 2.29. The zero-order valence-electron chi connectivity index (χ0n) is 9.63. The second kappa shape index (κ2) is 5.15. The second-order valence-electron chi connectivity index (χ2n) is 4.61. The smallest absolute Gasteiger partial charge is 0.129 e. The Hall–Kier alpha value is -0.610. The molecule has 0 radical (unpaired) electrons. The number of benzene rings is 1. The molecule has 0 saturated heterocycles. The number of aliphatic hydroxyl groups is 1. The summed E-state index contributed by atoms with van der Waals surface area (Å²) >= 11 is 1.51. The van der Waals surface area contributed by atoms with Crippen LogP contribution in [0.25, 0.3) is 0 Å². The average Bonchev–Trinajstić information content (AvgIpc) is 2.17. The van der Waals surface area contributed by atoms with Crippen LogP contribution in [0.2, 0.25) is 0 Å². The molecule has 1 atom stereocenters. The SMILES string of the molecule is CC(C)(C)SCC(O)c1cc(F)ccc1F. The first kappa shape index (κ1) is 13.5. The van der Waals surface area contributed by atoms with E-state index in [1.807, 2.05) is 20.8 Å². The summed E-state index contributed by atoms with van der Waals surface area (Å²) in [6, 6.07) is 3.13. The van der Waals surface area contributed by atoms with E-state index in [9.17, 15) is 13.9 Å². The van der Waals surface area contributed by atoms with Gasteiger partial charge in [-0.2, -0.15) is 11.8 Å². The molecule has 0 bridgehead atoms. The van der Waals surface area contributed by atoms with E-state index in [4.69, 9.17) is 0 Å². The van der Waals surface area contributed by atoms with Crippen molar-refractivity contribution in [1.29, 1.82) is 0 Å². The summed E-state index contributed by atoms with van der Waals surface area (Å²) in [6.07, 6.45) is -0.972. The molecule has 1 nitrogen and oxygen atoms in total. The lowest BCUT2D eigenvalue weighted by Gasteiger charge is -2.20. The molecule has 0 aliphatic rings. The van der Waals surface area contributed by atoms with Crippen molar-refractivity contribution >= 4 is 11.8 Å².